The lowest BCUT2D eigenvalue weighted by molar-refractivity contribution is -0.117. The molecule has 0 fully saturated rings. The van der Waals surface area contributed by atoms with Crippen molar-refractivity contribution in [1.29, 1.82) is 0 Å². The summed E-state index contributed by atoms with van der Waals surface area (Å²) in [4.78, 5) is 10.7. The van der Waals surface area contributed by atoms with Gasteiger partial charge in [0.2, 0.25) is 5.91 Å². The molecule has 0 saturated carbocycles. The molecular formula is C16H26N2O. The second-order valence-corrected chi connectivity index (χ2v) is 6.78. The Balaban J connectivity index is 2.76. The molecule has 1 aromatic carbocycles. The highest BCUT2D eigenvalue weighted by Gasteiger charge is 2.21. The first-order chi connectivity index (χ1) is 8.63. The van der Waals surface area contributed by atoms with E-state index in [-0.39, 0.29) is 23.3 Å². The predicted octanol–water partition coefficient (Wildman–Crippen LogP) is 2.34. The highest BCUT2D eigenvalue weighted by atomic mass is 16.1. The van der Waals surface area contributed by atoms with E-state index in [1.807, 2.05) is 0 Å². The number of nitrogens with one attached hydrogen (secondary N) is 1. The van der Waals surface area contributed by atoms with Crippen molar-refractivity contribution in [2.45, 2.75) is 45.4 Å². The zero-order valence-corrected chi connectivity index (χ0v) is 12.7. The molecule has 3 heteroatoms. The van der Waals surface area contributed by atoms with Crippen molar-refractivity contribution in [3.63, 3.8) is 0 Å². The van der Waals surface area contributed by atoms with Crippen LogP contribution < -0.4 is 11.1 Å². The van der Waals surface area contributed by atoms with Gasteiger partial charge < -0.3 is 11.1 Å². The van der Waals surface area contributed by atoms with Crippen LogP contribution >= 0.6 is 0 Å². The standard InChI is InChI=1S/C16H26N2O/c1-15(2,3)12-6-8-13(9-7-12)16(4,5)11-18-10-14(17)19/h6-9,18H,10-11H2,1-5H3,(H2,17,19). The van der Waals surface area contributed by atoms with E-state index in [1.165, 1.54) is 11.1 Å². The summed E-state index contributed by atoms with van der Waals surface area (Å²) in [6, 6.07) is 8.72. The Bertz CT molecular complexity index is 427. The molecule has 3 N–H and O–H groups in total. The topological polar surface area (TPSA) is 55.1 Å². The van der Waals surface area contributed by atoms with E-state index in [9.17, 15) is 4.79 Å². The highest BCUT2D eigenvalue weighted by Crippen LogP contribution is 2.27. The molecule has 0 atom stereocenters. The van der Waals surface area contributed by atoms with Crippen LogP contribution in [0, 0.1) is 0 Å². The summed E-state index contributed by atoms with van der Waals surface area (Å²) in [6.07, 6.45) is 0. The van der Waals surface area contributed by atoms with Gasteiger partial charge in [0.15, 0.2) is 0 Å². The number of amides is 1. The van der Waals surface area contributed by atoms with Crippen LogP contribution in [0.4, 0.5) is 0 Å². The molecular weight excluding hydrogens is 236 g/mol. The Hall–Kier alpha value is -1.35. The number of nitrogens with two attached hydrogens (primary N) is 1. The molecule has 0 heterocycles. The van der Waals surface area contributed by atoms with Crippen LogP contribution in [0.15, 0.2) is 24.3 Å². The van der Waals surface area contributed by atoms with Crippen LogP contribution in [-0.2, 0) is 15.6 Å². The zero-order valence-electron chi connectivity index (χ0n) is 12.7. The van der Waals surface area contributed by atoms with Crippen LogP contribution in [-0.4, -0.2) is 19.0 Å². The summed E-state index contributed by atoms with van der Waals surface area (Å²) in [6.45, 7) is 11.9. The number of rotatable bonds is 5. The van der Waals surface area contributed by atoms with E-state index < -0.39 is 0 Å². The maximum atomic E-state index is 10.7. The number of carbonyl (C=O) groups is 1. The molecule has 0 aromatic heterocycles. The normalized spacial score (nSPS) is 12.5. The maximum Gasteiger partial charge on any atom is 0.231 e. The molecule has 0 spiro atoms. The summed E-state index contributed by atoms with van der Waals surface area (Å²) < 4.78 is 0. The third-order valence-corrected chi connectivity index (χ3v) is 3.40. The van der Waals surface area contributed by atoms with E-state index in [4.69, 9.17) is 5.73 Å². The van der Waals surface area contributed by atoms with E-state index in [1.54, 1.807) is 0 Å². The average Bonchev–Trinajstić information content (AvgIpc) is 2.27. The number of benzene rings is 1. The summed E-state index contributed by atoms with van der Waals surface area (Å²) in [5.41, 5.74) is 7.87. The van der Waals surface area contributed by atoms with Crippen molar-refractivity contribution in [2.24, 2.45) is 5.73 Å². The van der Waals surface area contributed by atoms with Crippen molar-refractivity contribution in [1.82, 2.24) is 5.32 Å². The Morgan fingerprint density at radius 2 is 1.53 bits per heavy atom. The smallest absolute Gasteiger partial charge is 0.231 e. The lowest BCUT2D eigenvalue weighted by Crippen LogP contribution is -2.37. The molecule has 19 heavy (non-hydrogen) atoms. The molecule has 0 saturated heterocycles. The third kappa shape index (κ3) is 4.67. The lowest BCUT2D eigenvalue weighted by Gasteiger charge is -2.27. The summed E-state index contributed by atoms with van der Waals surface area (Å²) in [7, 11) is 0. The largest absolute Gasteiger partial charge is 0.369 e. The van der Waals surface area contributed by atoms with Gasteiger partial charge in [-0.2, -0.15) is 0 Å². The number of hydrogen-bond donors (Lipinski definition) is 2. The van der Waals surface area contributed by atoms with Gasteiger partial charge in [-0.05, 0) is 16.5 Å². The summed E-state index contributed by atoms with van der Waals surface area (Å²) in [5.74, 6) is -0.320. The fourth-order valence-electron chi connectivity index (χ4n) is 2.02. The van der Waals surface area contributed by atoms with Gasteiger partial charge in [0.25, 0.3) is 0 Å². The van der Waals surface area contributed by atoms with E-state index in [0.29, 0.717) is 0 Å². The first-order valence-corrected chi connectivity index (χ1v) is 6.73. The fourth-order valence-corrected chi connectivity index (χ4v) is 2.02. The SMILES string of the molecule is CC(C)(C)c1ccc(C(C)(C)CNCC(N)=O)cc1. The molecule has 1 rings (SSSR count). The van der Waals surface area contributed by atoms with Crippen molar-refractivity contribution in [2.75, 3.05) is 13.1 Å². The van der Waals surface area contributed by atoms with E-state index >= 15 is 0 Å². The molecule has 1 aromatic rings. The third-order valence-electron chi connectivity index (χ3n) is 3.40. The monoisotopic (exact) mass is 262 g/mol. The quantitative estimate of drug-likeness (QED) is 0.855. The van der Waals surface area contributed by atoms with Gasteiger partial charge in [0.05, 0.1) is 6.54 Å². The minimum atomic E-state index is -0.320. The van der Waals surface area contributed by atoms with Gasteiger partial charge in [-0.15, -0.1) is 0 Å². The Labute approximate surface area is 116 Å². The first kappa shape index (κ1) is 15.7. The second kappa shape index (κ2) is 5.74. The molecule has 0 unspecified atom stereocenters. The lowest BCUT2D eigenvalue weighted by atomic mass is 9.81. The molecule has 1 amide bonds. The Morgan fingerprint density at radius 3 is 1.95 bits per heavy atom. The number of hydrogen-bond acceptors (Lipinski definition) is 2. The van der Waals surface area contributed by atoms with Crippen LogP contribution in [0.3, 0.4) is 0 Å². The first-order valence-electron chi connectivity index (χ1n) is 6.73. The molecule has 0 aliphatic rings. The Kier molecular flexibility index (Phi) is 4.75. The number of primary amides is 1. The minimum absolute atomic E-state index is 0.0220. The number of carbonyl (C=O) groups excluding carboxylic acids is 1. The van der Waals surface area contributed by atoms with Gasteiger partial charge in [0.1, 0.15) is 0 Å². The fraction of sp³-hybridized carbons (Fsp3) is 0.562. The van der Waals surface area contributed by atoms with E-state index in [2.05, 4.69) is 64.2 Å². The van der Waals surface area contributed by atoms with E-state index in [0.717, 1.165) is 6.54 Å². The van der Waals surface area contributed by atoms with Crippen LogP contribution in [0.1, 0.15) is 45.7 Å². The van der Waals surface area contributed by atoms with Crippen molar-refractivity contribution in [3.8, 4) is 0 Å². The second-order valence-electron chi connectivity index (χ2n) is 6.78. The molecule has 0 aliphatic heterocycles. The zero-order chi connectivity index (χ0) is 14.7. The Morgan fingerprint density at radius 1 is 1.05 bits per heavy atom. The van der Waals surface area contributed by atoms with Gasteiger partial charge in [-0.1, -0.05) is 58.9 Å². The molecule has 0 bridgehead atoms. The van der Waals surface area contributed by atoms with Crippen molar-refractivity contribution < 1.29 is 4.79 Å². The van der Waals surface area contributed by atoms with Gasteiger partial charge in [-0.25, -0.2) is 0 Å². The maximum absolute atomic E-state index is 10.7. The highest BCUT2D eigenvalue weighted by molar-refractivity contribution is 5.75. The molecule has 0 aliphatic carbocycles. The molecule has 3 nitrogen and oxygen atoms in total. The van der Waals surface area contributed by atoms with Crippen LogP contribution in [0.25, 0.3) is 0 Å². The minimum Gasteiger partial charge on any atom is -0.369 e. The molecule has 0 radical (unpaired) electrons. The average molecular weight is 262 g/mol. The van der Waals surface area contributed by atoms with Crippen LogP contribution in [0.5, 0.6) is 0 Å². The molecule has 106 valence electrons. The van der Waals surface area contributed by atoms with Gasteiger partial charge >= 0.3 is 0 Å². The van der Waals surface area contributed by atoms with Gasteiger partial charge in [-0.3, -0.25) is 4.79 Å². The predicted molar refractivity (Wildman–Crippen MR) is 80.2 cm³/mol. The summed E-state index contributed by atoms with van der Waals surface area (Å²) in [5, 5.41) is 3.09. The summed E-state index contributed by atoms with van der Waals surface area (Å²) >= 11 is 0. The van der Waals surface area contributed by atoms with Crippen LogP contribution in [0.2, 0.25) is 0 Å². The van der Waals surface area contributed by atoms with Crippen molar-refractivity contribution >= 4 is 5.91 Å². The van der Waals surface area contributed by atoms with Gasteiger partial charge in [0, 0.05) is 12.0 Å². The van der Waals surface area contributed by atoms with Crippen molar-refractivity contribution in [3.05, 3.63) is 35.4 Å².